The predicted molar refractivity (Wildman–Crippen MR) is 101 cm³/mol. The molecule has 1 aromatic heterocycles. The number of thiophene rings is 1. The molecule has 3 rings (SSSR count). The first kappa shape index (κ1) is 18.8. The molecule has 0 aromatic carbocycles. The second-order valence-corrected chi connectivity index (χ2v) is 8.03. The van der Waals surface area contributed by atoms with Crippen molar-refractivity contribution in [2.75, 3.05) is 38.0 Å². The van der Waals surface area contributed by atoms with Gasteiger partial charge in [0, 0.05) is 50.9 Å². The van der Waals surface area contributed by atoms with Crippen molar-refractivity contribution < 1.29 is 14.4 Å². The smallest absolute Gasteiger partial charge is 0.251 e. The average Bonchev–Trinajstić information content (AvgIpc) is 2.98. The predicted octanol–water partition coefficient (Wildman–Crippen LogP) is 1.22. The summed E-state index contributed by atoms with van der Waals surface area (Å²) >= 11 is 1.49. The molecule has 0 radical (unpaired) electrons. The molecule has 7 nitrogen and oxygen atoms in total. The minimum absolute atomic E-state index is 0.0971. The number of piperazine rings is 1. The minimum Gasteiger partial charge on any atom is -0.365 e. The van der Waals surface area contributed by atoms with E-state index >= 15 is 0 Å². The zero-order valence-corrected chi connectivity index (χ0v) is 16.0. The lowest BCUT2D eigenvalue weighted by atomic mass is 9.95. The highest BCUT2D eigenvalue weighted by atomic mass is 32.1. The molecule has 1 aliphatic heterocycles. The zero-order valence-electron chi connectivity index (χ0n) is 15.2. The molecule has 1 aliphatic carbocycles. The van der Waals surface area contributed by atoms with Crippen LogP contribution in [0.2, 0.25) is 0 Å². The lowest BCUT2D eigenvalue weighted by molar-refractivity contribution is -0.130. The summed E-state index contributed by atoms with van der Waals surface area (Å²) in [6.07, 6.45) is 4.35. The number of anilines is 1. The fourth-order valence-electron chi connectivity index (χ4n) is 3.65. The Kier molecular flexibility index (Phi) is 5.93. The van der Waals surface area contributed by atoms with Gasteiger partial charge >= 0.3 is 0 Å². The third-order valence-electron chi connectivity index (χ3n) is 5.14. The highest BCUT2D eigenvalue weighted by molar-refractivity contribution is 7.17. The van der Waals surface area contributed by atoms with Gasteiger partial charge in [0.2, 0.25) is 11.8 Å². The Bertz CT molecular complexity index is 708. The van der Waals surface area contributed by atoms with Crippen LogP contribution >= 0.6 is 11.3 Å². The zero-order chi connectivity index (χ0) is 18.7. The van der Waals surface area contributed by atoms with Gasteiger partial charge in [0.15, 0.2) is 0 Å². The first-order valence-electron chi connectivity index (χ1n) is 9.17. The summed E-state index contributed by atoms with van der Waals surface area (Å²) in [5.74, 6) is -0.455. The lowest BCUT2D eigenvalue weighted by Gasteiger charge is -2.33. The van der Waals surface area contributed by atoms with E-state index in [0.717, 1.165) is 44.3 Å². The average molecular weight is 378 g/mol. The van der Waals surface area contributed by atoms with E-state index < -0.39 is 5.91 Å². The number of nitrogens with zero attached hydrogens (tertiary/aromatic N) is 2. The maximum Gasteiger partial charge on any atom is 0.251 e. The van der Waals surface area contributed by atoms with Crippen molar-refractivity contribution in [1.82, 2.24) is 9.80 Å². The molecule has 1 saturated heterocycles. The highest BCUT2D eigenvalue weighted by Gasteiger charge is 2.25. The number of hydrogen-bond acceptors (Lipinski definition) is 5. The Morgan fingerprint density at radius 2 is 1.81 bits per heavy atom. The van der Waals surface area contributed by atoms with Crippen molar-refractivity contribution in [2.45, 2.75) is 39.0 Å². The molecule has 8 heteroatoms. The summed E-state index contributed by atoms with van der Waals surface area (Å²) in [5.41, 5.74) is 7.10. The maximum atomic E-state index is 12.4. The molecule has 0 saturated carbocycles. The van der Waals surface area contributed by atoms with Crippen LogP contribution in [-0.2, 0) is 22.4 Å². The number of fused-ring (bicyclic) bond motifs is 1. The molecule has 0 unspecified atom stereocenters. The van der Waals surface area contributed by atoms with Gasteiger partial charge in [-0.3, -0.25) is 19.3 Å². The summed E-state index contributed by atoms with van der Waals surface area (Å²) < 4.78 is 0. The summed E-state index contributed by atoms with van der Waals surface area (Å²) in [6, 6.07) is 0. The van der Waals surface area contributed by atoms with Crippen LogP contribution in [0.4, 0.5) is 5.00 Å². The lowest BCUT2D eigenvalue weighted by Crippen LogP contribution is -2.48. The highest BCUT2D eigenvalue weighted by Crippen LogP contribution is 2.37. The van der Waals surface area contributed by atoms with E-state index in [1.54, 1.807) is 6.92 Å². The van der Waals surface area contributed by atoms with E-state index in [4.69, 9.17) is 5.73 Å². The Morgan fingerprint density at radius 1 is 1.12 bits per heavy atom. The Morgan fingerprint density at radius 3 is 2.46 bits per heavy atom. The molecule has 0 atom stereocenters. The van der Waals surface area contributed by atoms with Crippen LogP contribution in [-0.4, -0.2) is 60.2 Å². The van der Waals surface area contributed by atoms with Gasteiger partial charge in [0.25, 0.3) is 5.91 Å². The molecule has 26 heavy (non-hydrogen) atoms. The quantitative estimate of drug-likeness (QED) is 0.805. The van der Waals surface area contributed by atoms with Gasteiger partial charge in [-0.05, 0) is 31.2 Å². The Balaban J connectivity index is 1.55. The third kappa shape index (κ3) is 4.24. The number of nitrogens with two attached hydrogens (primary N) is 1. The van der Waals surface area contributed by atoms with Crippen molar-refractivity contribution in [1.29, 1.82) is 0 Å². The molecular weight excluding hydrogens is 352 g/mol. The fourth-order valence-corrected chi connectivity index (χ4v) is 4.96. The van der Waals surface area contributed by atoms with Crippen molar-refractivity contribution in [2.24, 2.45) is 5.73 Å². The van der Waals surface area contributed by atoms with Crippen molar-refractivity contribution in [3.63, 3.8) is 0 Å². The number of primary amides is 1. The monoisotopic (exact) mass is 378 g/mol. The number of amides is 3. The summed E-state index contributed by atoms with van der Waals surface area (Å²) in [4.78, 5) is 40.8. The van der Waals surface area contributed by atoms with Gasteiger partial charge in [-0.15, -0.1) is 11.3 Å². The molecule has 2 aliphatic rings. The Labute approximate surface area is 157 Å². The summed E-state index contributed by atoms with van der Waals surface area (Å²) in [6.45, 7) is 5.22. The number of nitrogens with one attached hydrogen (secondary N) is 1. The minimum atomic E-state index is -0.458. The van der Waals surface area contributed by atoms with E-state index in [1.807, 2.05) is 4.90 Å². The van der Waals surface area contributed by atoms with Gasteiger partial charge in [0.05, 0.1) is 5.56 Å². The Hall–Kier alpha value is -1.93. The van der Waals surface area contributed by atoms with Crippen LogP contribution in [0.5, 0.6) is 0 Å². The first-order chi connectivity index (χ1) is 12.5. The van der Waals surface area contributed by atoms with Crippen molar-refractivity contribution in [3.8, 4) is 0 Å². The van der Waals surface area contributed by atoms with Gasteiger partial charge in [-0.1, -0.05) is 0 Å². The number of hydrogen-bond donors (Lipinski definition) is 2. The summed E-state index contributed by atoms with van der Waals surface area (Å²) in [7, 11) is 0. The molecule has 0 bridgehead atoms. The standard InChI is InChI=1S/C18H26N4O3S/c1-12(23)22-10-8-21(9-11-22)7-6-15(24)20-18-16(17(19)25)13-4-2-3-5-14(13)26-18/h2-11H2,1H3,(H2,19,25)(H,20,24). The molecule has 3 amide bonds. The number of aryl methyl sites for hydroxylation is 1. The van der Waals surface area contributed by atoms with Crippen molar-refractivity contribution >= 4 is 34.1 Å². The molecule has 1 fully saturated rings. The fraction of sp³-hybridized carbons (Fsp3) is 0.611. The van der Waals surface area contributed by atoms with Crippen molar-refractivity contribution in [3.05, 3.63) is 16.0 Å². The van der Waals surface area contributed by atoms with E-state index in [2.05, 4.69) is 10.2 Å². The van der Waals surface area contributed by atoms with Crippen LogP contribution in [0.3, 0.4) is 0 Å². The number of rotatable bonds is 5. The van der Waals surface area contributed by atoms with Crippen LogP contribution in [0, 0.1) is 0 Å². The number of carbonyl (C=O) groups is 3. The summed E-state index contributed by atoms with van der Waals surface area (Å²) in [5, 5.41) is 3.51. The second kappa shape index (κ2) is 8.18. The van der Waals surface area contributed by atoms with Crippen LogP contribution in [0.25, 0.3) is 0 Å². The van der Waals surface area contributed by atoms with Crippen LogP contribution in [0.1, 0.15) is 47.0 Å². The van der Waals surface area contributed by atoms with Crippen LogP contribution in [0.15, 0.2) is 0 Å². The van der Waals surface area contributed by atoms with E-state index in [9.17, 15) is 14.4 Å². The largest absolute Gasteiger partial charge is 0.365 e. The van der Waals surface area contributed by atoms with Gasteiger partial charge in [-0.2, -0.15) is 0 Å². The first-order valence-corrected chi connectivity index (χ1v) is 9.99. The van der Waals surface area contributed by atoms with Gasteiger partial charge in [-0.25, -0.2) is 0 Å². The molecule has 2 heterocycles. The second-order valence-electron chi connectivity index (χ2n) is 6.93. The molecule has 1 aromatic rings. The third-order valence-corrected chi connectivity index (χ3v) is 6.35. The maximum absolute atomic E-state index is 12.4. The van der Waals surface area contributed by atoms with Gasteiger partial charge in [0.1, 0.15) is 5.00 Å². The molecular formula is C18H26N4O3S. The van der Waals surface area contributed by atoms with E-state index in [1.165, 1.54) is 16.2 Å². The van der Waals surface area contributed by atoms with Crippen LogP contribution < -0.4 is 11.1 Å². The van der Waals surface area contributed by atoms with E-state index in [0.29, 0.717) is 36.6 Å². The molecule has 3 N–H and O–H groups in total. The normalized spacial score (nSPS) is 17.7. The topological polar surface area (TPSA) is 95.7 Å². The number of carbonyl (C=O) groups excluding carboxylic acids is 3. The van der Waals surface area contributed by atoms with Gasteiger partial charge < -0.3 is 16.0 Å². The van der Waals surface area contributed by atoms with E-state index in [-0.39, 0.29) is 11.8 Å². The SMILES string of the molecule is CC(=O)N1CCN(CCC(=O)Nc2sc3c(c2C(N)=O)CCCC3)CC1. The molecule has 0 spiro atoms. The molecule has 142 valence electrons.